The monoisotopic (exact) mass is 214 g/mol. The van der Waals surface area contributed by atoms with Crippen molar-refractivity contribution in [2.45, 2.75) is 39.3 Å². The minimum Gasteiger partial charge on any atom is -0.393 e. The number of carbonyl (C=O) groups is 1. The van der Waals surface area contributed by atoms with Gasteiger partial charge in [0.1, 0.15) is 0 Å². The van der Waals surface area contributed by atoms with Crippen LogP contribution in [0.2, 0.25) is 0 Å². The fourth-order valence-corrected chi connectivity index (χ4v) is 1.85. The minimum absolute atomic E-state index is 0.111. The molecule has 0 spiro atoms. The van der Waals surface area contributed by atoms with Gasteiger partial charge < -0.3 is 15.7 Å². The summed E-state index contributed by atoms with van der Waals surface area (Å²) in [5.41, 5.74) is 5.71. The highest BCUT2D eigenvalue weighted by Crippen LogP contribution is 2.18. The van der Waals surface area contributed by atoms with Crippen molar-refractivity contribution in [3.05, 3.63) is 0 Å². The summed E-state index contributed by atoms with van der Waals surface area (Å²) in [6.07, 6.45) is 0.415. The highest BCUT2D eigenvalue weighted by molar-refractivity contribution is 5.79. The molecule has 0 aromatic heterocycles. The molecule has 1 amide bonds. The van der Waals surface area contributed by atoms with E-state index in [4.69, 9.17) is 5.73 Å². The second-order valence-electron chi connectivity index (χ2n) is 4.77. The maximum Gasteiger partial charge on any atom is 0.226 e. The predicted molar refractivity (Wildman–Crippen MR) is 59.2 cm³/mol. The SMILES string of the molecule is CC(N)C(C)C(=O)N1CCC(O)C(C)C1. The fraction of sp³-hybridized carbons (Fsp3) is 0.909. The smallest absolute Gasteiger partial charge is 0.226 e. The second kappa shape index (κ2) is 4.94. The molecular formula is C11H22N2O2. The van der Waals surface area contributed by atoms with E-state index in [1.165, 1.54) is 0 Å². The zero-order chi connectivity index (χ0) is 11.6. The van der Waals surface area contributed by atoms with Crippen LogP contribution in [0.5, 0.6) is 0 Å². The lowest BCUT2D eigenvalue weighted by Gasteiger charge is -2.36. The van der Waals surface area contributed by atoms with Crippen molar-refractivity contribution in [2.75, 3.05) is 13.1 Å². The van der Waals surface area contributed by atoms with Crippen molar-refractivity contribution in [3.63, 3.8) is 0 Å². The van der Waals surface area contributed by atoms with E-state index in [0.29, 0.717) is 19.5 Å². The van der Waals surface area contributed by atoms with E-state index >= 15 is 0 Å². The Morgan fingerprint density at radius 1 is 1.53 bits per heavy atom. The molecule has 4 atom stereocenters. The van der Waals surface area contributed by atoms with Gasteiger partial charge in [-0.1, -0.05) is 13.8 Å². The van der Waals surface area contributed by atoms with Gasteiger partial charge in [-0.25, -0.2) is 0 Å². The molecule has 0 aliphatic carbocycles. The van der Waals surface area contributed by atoms with E-state index in [2.05, 4.69) is 0 Å². The average molecular weight is 214 g/mol. The van der Waals surface area contributed by atoms with Crippen molar-refractivity contribution in [1.29, 1.82) is 0 Å². The molecule has 1 aliphatic rings. The van der Waals surface area contributed by atoms with Gasteiger partial charge in [0, 0.05) is 19.1 Å². The number of aliphatic hydroxyl groups is 1. The van der Waals surface area contributed by atoms with Crippen LogP contribution in [0.1, 0.15) is 27.2 Å². The maximum atomic E-state index is 12.0. The van der Waals surface area contributed by atoms with E-state index < -0.39 is 0 Å². The standard InChI is InChI=1S/C11H22N2O2/c1-7-6-13(5-4-10(7)14)11(15)8(2)9(3)12/h7-10,14H,4-6,12H2,1-3H3. The van der Waals surface area contributed by atoms with Gasteiger partial charge in [0.2, 0.25) is 5.91 Å². The lowest BCUT2D eigenvalue weighted by Crippen LogP contribution is -2.49. The van der Waals surface area contributed by atoms with E-state index in [-0.39, 0.29) is 29.9 Å². The molecule has 4 heteroatoms. The first kappa shape index (κ1) is 12.5. The Labute approximate surface area is 91.4 Å². The molecule has 1 saturated heterocycles. The summed E-state index contributed by atoms with van der Waals surface area (Å²) in [5, 5.41) is 9.56. The number of nitrogens with zero attached hydrogens (tertiary/aromatic N) is 1. The van der Waals surface area contributed by atoms with Crippen molar-refractivity contribution in [1.82, 2.24) is 4.90 Å². The first-order valence-corrected chi connectivity index (χ1v) is 5.66. The molecule has 1 fully saturated rings. The van der Waals surface area contributed by atoms with E-state index in [1.807, 2.05) is 25.7 Å². The first-order chi connectivity index (χ1) is 6.93. The number of aliphatic hydroxyl groups excluding tert-OH is 1. The third-order valence-electron chi connectivity index (χ3n) is 3.35. The largest absolute Gasteiger partial charge is 0.393 e. The van der Waals surface area contributed by atoms with Crippen LogP contribution in [-0.4, -0.2) is 41.1 Å². The number of hydrogen-bond donors (Lipinski definition) is 2. The molecule has 4 unspecified atom stereocenters. The van der Waals surface area contributed by atoms with Gasteiger partial charge in [-0.15, -0.1) is 0 Å². The minimum atomic E-state index is -0.264. The van der Waals surface area contributed by atoms with Crippen LogP contribution in [0.4, 0.5) is 0 Å². The number of likely N-dealkylation sites (tertiary alicyclic amines) is 1. The summed E-state index contributed by atoms with van der Waals surface area (Å²) in [6, 6.07) is -0.111. The van der Waals surface area contributed by atoms with E-state index in [0.717, 1.165) is 0 Å². The summed E-state index contributed by atoms with van der Waals surface area (Å²) in [5.74, 6) is 0.152. The quantitative estimate of drug-likeness (QED) is 0.690. The molecular weight excluding hydrogens is 192 g/mol. The normalized spacial score (nSPS) is 31.1. The first-order valence-electron chi connectivity index (χ1n) is 5.66. The lowest BCUT2D eigenvalue weighted by molar-refractivity contribution is -0.139. The summed E-state index contributed by atoms with van der Waals surface area (Å²) in [7, 11) is 0. The fourth-order valence-electron chi connectivity index (χ4n) is 1.85. The van der Waals surface area contributed by atoms with Gasteiger partial charge >= 0.3 is 0 Å². The van der Waals surface area contributed by atoms with E-state index in [1.54, 1.807) is 0 Å². The predicted octanol–water partition coefficient (Wildman–Crippen LogP) is 0.199. The van der Waals surface area contributed by atoms with Gasteiger partial charge in [0.05, 0.1) is 12.0 Å². The summed E-state index contributed by atoms with van der Waals surface area (Å²) >= 11 is 0. The average Bonchev–Trinajstić information content (AvgIpc) is 2.19. The summed E-state index contributed by atoms with van der Waals surface area (Å²) in [4.78, 5) is 13.8. The Hall–Kier alpha value is -0.610. The Balaban J connectivity index is 2.54. The number of piperidine rings is 1. The summed E-state index contributed by atoms with van der Waals surface area (Å²) in [6.45, 7) is 6.99. The zero-order valence-corrected chi connectivity index (χ0v) is 9.81. The van der Waals surface area contributed by atoms with Crippen molar-refractivity contribution in [3.8, 4) is 0 Å². The molecule has 4 nitrogen and oxygen atoms in total. The van der Waals surface area contributed by atoms with Crippen LogP contribution in [-0.2, 0) is 4.79 Å². The number of amides is 1. The maximum absolute atomic E-state index is 12.0. The summed E-state index contributed by atoms with van der Waals surface area (Å²) < 4.78 is 0. The van der Waals surface area contributed by atoms with Gasteiger partial charge in [0.15, 0.2) is 0 Å². The molecule has 0 aromatic rings. The van der Waals surface area contributed by atoms with Crippen LogP contribution in [0.15, 0.2) is 0 Å². The molecule has 1 aliphatic heterocycles. The Morgan fingerprint density at radius 3 is 2.60 bits per heavy atom. The van der Waals surface area contributed by atoms with Crippen molar-refractivity contribution >= 4 is 5.91 Å². The Bertz CT molecular complexity index is 231. The highest BCUT2D eigenvalue weighted by atomic mass is 16.3. The molecule has 0 aromatic carbocycles. The van der Waals surface area contributed by atoms with Gasteiger partial charge in [-0.2, -0.15) is 0 Å². The molecule has 1 heterocycles. The van der Waals surface area contributed by atoms with Crippen LogP contribution in [0, 0.1) is 11.8 Å². The van der Waals surface area contributed by atoms with Crippen LogP contribution in [0.25, 0.3) is 0 Å². The topological polar surface area (TPSA) is 66.6 Å². The lowest BCUT2D eigenvalue weighted by atomic mass is 9.94. The van der Waals surface area contributed by atoms with Crippen molar-refractivity contribution < 1.29 is 9.90 Å². The van der Waals surface area contributed by atoms with Crippen LogP contribution < -0.4 is 5.73 Å². The van der Waals surface area contributed by atoms with Crippen LogP contribution in [0.3, 0.4) is 0 Å². The number of nitrogens with two attached hydrogens (primary N) is 1. The number of carbonyl (C=O) groups excluding carboxylic acids is 1. The van der Waals surface area contributed by atoms with Gasteiger partial charge in [-0.3, -0.25) is 4.79 Å². The zero-order valence-electron chi connectivity index (χ0n) is 9.81. The molecule has 0 radical (unpaired) electrons. The van der Waals surface area contributed by atoms with Crippen molar-refractivity contribution in [2.24, 2.45) is 17.6 Å². The highest BCUT2D eigenvalue weighted by Gasteiger charge is 2.30. The molecule has 88 valence electrons. The van der Waals surface area contributed by atoms with Gasteiger partial charge in [-0.05, 0) is 19.3 Å². The van der Waals surface area contributed by atoms with E-state index in [9.17, 15) is 9.90 Å². The third kappa shape index (κ3) is 2.92. The third-order valence-corrected chi connectivity index (χ3v) is 3.35. The number of hydrogen-bond acceptors (Lipinski definition) is 3. The molecule has 0 saturated carbocycles. The van der Waals surface area contributed by atoms with Gasteiger partial charge in [0.25, 0.3) is 0 Å². The molecule has 15 heavy (non-hydrogen) atoms. The van der Waals surface area contributed by atoms with Crippen LogP contribution >= 0.6 is 0 Å². The molecule has 1 rings (SSSR count). The Kier molecular flexibility index (Phi) is 4.11. The molecule has 0 bridgehead atoms. The Morgan fingerprint density at radius 2 is 2.13 bits per heavy atom. The molecule has 3 N–H and O–H groups in total. The second-order valence-corrected chi connectivity index (χ2v) is 4.77. The number of rotatable bonds is 2.